The molecule has 0 unspecified atom stereocenters. The van der Waals surface area contributed by atoms with Gasteiger partial charge in [0.2, 0.25) is 0 Å². The van der Waals surface area contributed by atoms with Crippen LogP contribution in [0.25, 0.3) is 0 Å². The minimum absolute atomic E-state index is 0.154. The van der Waals surface area contributed by atoms with Crippen LogP contribution in [-0.2, 0) is 6.54 Å². The van der Waals surface area contributed by atoms with E-state index in [1.165, 1.54) is 25.3 Å². The standard InChI is InChI=1S/C20H24FN3O/c21-19-9-5-4-6-15(19)14-22-16-10-12-18(13-11-16)24-20(25)23-17-7-2-1-3-8-17/h4-6,9-13,17,22H,1-3,7-8,14H2,(H2,23,24,25). The van der Waals surface area contributed by atoms with Crippen molar-refractivity contribution in [3.05, 3.63) is 59.9 Å². The highest BCUT2D eigenvalue weighted by atomic mass is 19.1. The van der Waals surface area contributed by atoms with Gasteiger partial charge >= 0.3 is 6.03 Å². The molecule has 0 radical (unpaired) electrons. The molecular weight excluding hydrogens is 317 g/mol. The monoisotopic (exact) mass is 341 g/mol. The van der Waals surface area contributed by atoms with Gasteiger partial charge in [-0.2, -0.15) is 0 Å². The summed E-state index contributed by atoms with van der Waals surface area (Å²) in [4.78, 5) is 12.0. The first kappa shape index (κ1) is 17.3. The Kier molecular flexibility index (Phi) is 5.88. The molecule has 0 spiro atoms. The van der Waals surface area contributed by atoms with Crippen LogP contribution in [0.2, 0.25) is 0 Å². The van der Waals surface area contributed by atoms with E-state index in [0.29, 0.717) is 12.1 Å². The molecule has 25 heavy (non-hydrogen) atoms. The second-order valence-electron chi connectivity index (χ2n) is 6.46. The molecule has 3 rings (SSSR count). The first-order chi connectivity index (χ1) is 12.2. The fraction of sp³-hybridized carbons (Fsp3) is 0.350. The van der Waals surface area contributed by atoms with Crippen LogP contribution in [-0.4, -0.2) is 12.1 Å². The van der Waals surface area contributed by atoms with Crippen molar-refractivity contribution in [1.82, 2.24) is 5.32 Å². The number of hydrogen-bond donors (Lipinski definition) is 3. The summed E-state index contributed by atoms with van der Waals surface area (Å²) in [7, 11) is 0. The third-order valence-corrected chi connectivity index (χ3v) is 4.52. The van der Waals surface area contributed by atoms with Gasteiger partial charge in [0.1, 0.15) is 5.82 Å². The summed E-state index contributed by atoms with van der Waals surface area (Å²) in [6, 6.07) is 14.3. The quantitative estimate of drug-likeness (QED) is 0.725. The number of hydrogen-bond acceptors (Lipinski definition) is 2. The van der Waals surface area contributed by atoms with Crippen molar-refractivity contribution in [2.24, 2.45) is 0 Å². The molecule has 1 saturated carbocycles. The lowest BCUT2D eigenvalue weighted by atomic mass is 9.96. The fourth-order valence-corrected chi connectivity index (χ4v) is 3.11. The van der Waals surface area contributed by atoms with Crippen molar-refractivity contribution in [2.75, 3.05) is 10.6 Å². The predicted molar refractivity (Wildman–Crippen MR) is 99.2 cm³/mol. The maximum absolute atomic E-state index is 13.6. The van der Waals surface area contributed by atoms with Crippen LogP contribution in [0.5, 0.6) is 0 Å². The average molecular weight is 341 g/mol. The summed E-state index contributed by atoms with van der Waals surface area (Å²) in [5.41, 5.74) is 2.24. The van der Waals surface area contributed by atoms with E-state index in [9.17, 15) is 9.18 Å². The topological polar surface area (TPSA) is 53.2 Å². The Morgan fingerprint density at radius 2 is 1.64 bits per heavy atom. The molecule has 0 bridgehead atoms. The predicted octanol–water partition coefficient (Wildman–Crippen LogP) is 4.89. The number of rotatable bonds is 5. The molecule has 0 heterocycles. The van der Waals surface area contributed by atoms with Gasteiger partial charge in [-0.15, -0.1) is 0 Å². The van der Waals surface area contributed by atoms with Gasteiger partial charge in [0.15, 0.2) is 0 Å². The number of benzene rings is 2. The summed E-state index contributed by atoms with van der Waals surface area (Å²) < 4.78 is 13.6. The molecule has 5 heteroatoms. The normalized spacial score (nSPS) is 14.8. The molecule has 2 aromatic rings. The number of halogens is 1. The van der Waals surface area contributed by atoms with E-state index in [1.807, 2.05) is 30.3 Å². The van der Waals surface area contributed by atoms with Crippen molar-refractivity contribution < 1.29 is 9.18 Å². The summed E-state index contributed by atoms with van der Waals surface area (Å²) >= 11 is 0. The first-order valence-electron chi connectivity index (χ1n) is 8.85. The van der Waals surface area contributed by atoms with Gasteiger partial charge in [0.05, 0.1) is 0 Å². The molecular formula is C20H24FN3O. The van der Waals surface area contributed by atoms with Crippen LogP contribution >= 0.6 is 0 Å². The zero-order chi connectivity index (χ0) is 17.5. The minimum Gasteiger partial charge on any atom is -0.381 e. The van der Waals surface area contributed by atoms with Crippen LogP contribution in [0.1, 0.15) is 37.7 Å². The van der Waals surface area contributed by atoms with E-state index >= 15 is 0 Å². The Labute approximate surface area is 147 Å². The summed E-state index contributed by atoms with van der Waals surface area (Å²) in [5, 5.41) is 9.07. The maximum Gasteiger partial charge on any atom is 0.319 e. The van der Waals surface area contributed by atoms with E-state index in [0.717, 1.165) is 24.2 Å². The van der Waals surface area contributed by atoms with Gasteiger partial charge in [-0.25, -0.2) is 9.18 Å². The van der Waals surface area contributed by atoms with Crippen LogP contribution in [0.3, 0.4) is 0 Å². The Hall–Kier alpha value is -2.56. The van der Waals surface area contributed by atoms with Crippen molar-refractivity contribution in [3.63, 3.8) is 0 Å². The minimum atomic E-state index is -0.215. The van der Waals surface area contributed by atoms with E-state index in [-0.39, 0.29) is 17.9 Å². The second-order valence-corrected chi connectivity index (χ2v) is 6.46. The van der Waals surface area contributed by atoms with E-state index in [1.54, 1.807) is 12.1 Å². The van der Waals surface area contributed by atoms with Gasteiger partial charge < -0.3 is 16.0 Å². The molecule has 2 amide bonds. The highest BCUT2D eigenvalue weighted by Crippen LogP contribution is 2.18. The summed E-state index contributed by atoms with van der Waals surface area (Å²) in [6.07, 6.45) is 5.76. The number of urea groups is 1. The third kappa shape index (κ3) is 5.21. The van der Waals surface area contributed by atoms with Crippen molar-refractivity contribution in [1.29, 1.82) is 0 Å². The number of anilines is 2. The highest BCUT2D eigenvalue weighted by Gasteiger charge is 2.15. The van der Waals surface area contributed by atoms with E-state index < -0.39 is 0 Å². The molecule has 1 aliphatic carbocycles. The van der Waals surface area contributed by atoms with Crippen LogP contribution in [0.15, 0.2) is 48.5 Å². The molecule has 0 aromatic heterocycles. The Balaban J connectivity index is 1.48. The molecule has 4 nitrogen and oxygen atoms in total. The molecule has 3 N–H and O–H groups in total. The van der Waals surface area contributed by atoms with Gasteiger partial charge in [0, 0.05) is 29.5 Å². The number of carbonyl (C=O) groups excluding carboxylic acids is 1. The summed E-state index contributed by atoms with van der Waals surface area (Å²) in [5.74, 6) is -0.215. The Morgan fingerprint density at radius 1 is 0.960 bits per heavy atom. The third-order valence-electron chi connectivity index (χ3n) is 4.52. The average Bonchev–Trinajstić information content (AvgIpc) is 2.63. The lowest BCUT2D eigenvalue weighted by Crippen LogP contribution is -2.38. The Morgan fingerprint density at radius 3 is 2.36 bits per heavy atom. The van der Waals surface area contributed by atoms with Crippen molar-refractivity contribution in [2.45, 2.75) is 44.7 Å². The van der Waals surface area contributed by atoms with Gasteiger partial charge in [-0.1, -0.05) is 37.5 Å². The zero-order valence-electron chi connectivity index (χ0n) is 14.2. The second kappa shape index (κ2) is 8.51. The molecule has 0 aliphatic heterocycles. The SMILES string of the molecule is O=C(Nc1ccc(NCc2ccccc2F)cc1)NC1CCCCC1. The number of amides is 2. The van der Waals surface area contributed by atoms with E-state index in [2.05, 4.69) is 16.0 Å². The lowest BCUT2D eigenvalue weighted by molar-refractivity contribution is 0.244. The summed E-state index contributed by atoms with van der Waals surface area (Å²) in [6.45, 7) is 0.418. The van der Waals surface area contributed by atoms with E-state index in [4.69, 9.17) is 0 Å². The van der Waals surface area contributed by atoms with Gasteiger partial charge in [-0.3, -0.25) is 0 Å². The first-order valence-corrected chi connectivity index (χ1v) is 8.85. The van der Waals surface area contributed by atoms with Gasteiger partial charge in [0.25, 0.3) is 0 Å². The van der Waals surface area contributed by atoms with Crippen LogP contribution in [0.4, 0.5) is 20.6 Å². The highest BCUT2D eigenvalue weighted by molar-refractivity contribution is 5.89. The van der Waals surface area contributed by atoms with Crippen molar-refractivity contribution >= 4 is 17.4 Å². The van der Waals surface area contributed by atoms with Crippen LogP contribution < -0.4 is 16.0 Å². The molecule has 0 saturated heterocycles. The van der Waals surface area contributed by atoms with Crippen LogP contribution in [0, 0.1) is 5.82 Å². The lowest BCUT2D eigenvalue weighted by Gasteiger charge is -2.22. The number of nitrogens with one attached hydrogen (secondary N) is 3. The smallest absolute Gasteiger partial charge is 0.319 e. The molecule has 1 fully saturated rings. The molecule has 132 valence electrons. The number of carbonyl (C=O) groups is 1. The molecule has 1 aliphatic rings. The maximum atomic E-state index is 13.6. The Bertz CT molecular complexity index is 696. The fourth-order valence-electron chi connectivity index (χ4n) is 3.11. The van der Waals surface area contributed by atoms with Crippen molar-refractivity contribution in [3.8, 4) is 0 Å². The van der Waals surface area contributed by atoms with Gasteiger partial charge in [-0.05, 0) is 43.2 Å². The largest absolute Gasteiger partial charge is 0.381 e. The zero-order valence-corrected chi connectivity index (χ0v) is 14.2. The molecule has 0 atom stereocenters. The molecule has 2 aromatic carbocycles.